The van der Waals surface area contributed by atoms with E-state index in [4.69, 9.17) is 0 Å². The third kappa shape index (κ3) is 3.97. The van der Waals surface area contributed by atoms with Crippen LogP contribution < -0.4 is 10.6 Å². The summed E-state index contributed by atoms with van der Waals surface area (Å²) in [6.07, 6.45) is 0.693. The number of para-hydroxylation sites is 1. The van der Waals surface area contributed by atoms with Gasteiger partial charge in [0, 0.05) is 17.3 Å². The van der Waals surface area contributed by atoms with Gasteiger partial charge in [-0.1, -0.05) is 75.3 Å². The predicted molar refractivity (Wildman–Crippen MR) is 106 cm³/mol. The van der Waals surface area contributed by atoms with Crippen LogP contribution in [0.25, 0.3) is 0 Å². The largest absolute Gasteiger partial charge is 0.507 e. The van der Waals surface area contributed by atoms with Gasteiger partial charge in [0.15, 0.2) is 5.78 Å². The minimum atomic E-state index is 0.0612. The smallest absolute Gasteiger partial charge is 0.160 e. The number of carbonyl (C=O) groups excluding carboxylic acids is 1. The molecule has 0 saturated heterocycles. The SMILES string of the molecule is CC(=O)c1cccc(C)c1Pc1cccc(Cc2ccccc2)c1O. The molecule has 0 amide bonds. The first-order chi connectivity index (χ1) is 12.1. The van der Waals surface area contributed by atoms with Crippen LogP contribution in [0.4, 0.5) is 0 Å². The van der Waals surface area contributed by atoms with Crippen LogP contribution in [0.3, 0.4) is 0 Å². The highest BCUT2D eigenvalue weighted by Gasteiger charge is 2.14. The number of phenols is 1. The molecule has 1 unspecified atom stereocenters. The van der Waals surface area contributed by atoms with E-state index in [0.717, 1.165) is 27.3 Å². The molecule has 0 aliphatic heterocycles. The lowest BCUT2D eigenvalue weighted by Crippen LogP contribution is -2.16. The molecule has 0 aliphatic rings. The molecular weight excluding hydrogens is 327 g/mol. The van der Waals surface area contributed by atoms with Gasteiger partial charge in [-0.25, -0.2) is 0 Å². The Labute approximate surface area is 150 Å². The Balaban J connectivity index is 1.95. The molecule has 3 aromatic carbocycles. The van der Waals surface area contributed by atoms with E-state index < -0.39 is 0 Å². The van der Waals surface area contributed by atoms with Crippen LogP contribution in [0.1, 0.15) is 34.0 Å². The Hall–Kier alpha value is -2.44. The first-order valence-electron chi connectivity index (χ1n) is 8.28. The summed E-state index contributed by atoms with van der Waals surface area (Å²) in [7, 11) is 0.252. The second-order valence-electron chi connectivity index (χ2n) is 6.15. The molecule has 3 rings (SSSR count). The van der Waals surface area contributed by atoms with Crippen LogP contribution >= 0.6 is 8.58 Å². The first kappa shape index (κ1) is 17.4. The van der Waals surface area contributed by atoms with E-state index in [9.17, 15) is 9.90 Å². The van der Waals surface area contributed by atoms with Crippen LogP contribution in [0.2, 0.25) is 0 Å². The van der Waals surface area contributed by atoms with Crippen molar-refractivity contribution in [1.29, 1.82) is 0 Å². The van der Waals surface area contributed by atoms with Gasteiger partial charge in [-0.05, 0) is 35.8 Å². The van der Waals surface area contributed by atoms with Crippen molar-refractivity contribution >= 4 is 25.0 Å². The van der Waals surface area contributed by atoms with Gasteiger partial charge in [-0.3, -0.25) is 4.79 Å². The van der Waals surface area contributed by atoms with Crippen LogP contribution in [-0.2, 0) is 6.42 Å². The average Bonchev–Trinajstić information content (AvgIpc) is 2.60. The van der Waals surface area contributed by atoms with Gasteiger partial charge in [0.05, 0.1) is 0 Å². The minimum Gasteiger partial charge on any atom is -0.507 e. The minimum absolute atomic E-state index is 0.0612. The standard InChI is InChI=1S/C22H21O2P/c1-15-8-6-12-19(16(2)23)22(15)25-20-13-7-11-18(21(20)24)14-17-9-4-3-5-10-17/h3-13,24-25H,14H2,1-2H3. The molecule has 25 heavy (non-hydrogen) atoms. The van der Waals surface area contributed by atoms with E-state index >= 15 is 0 Å². The van der Waals surface area contributed by atoms with Crippen molar-refractivity contribution in [1.82, 2.24) is 0 Å². The number of hydrogen-bond donors (Lipinski definition) is 1. The zero-order valence-electron chi connectivity index (χ0n) is 14.4. The fraction of sp³-hybridized carbons (Fsp3) is 0.136. The second-order valence-corrected chi connectivity index (χ2v) is 7.44. The zero-order chi connectivity index (χ0) is 17.8. The number of benzene rings is 3. The van der Waals surface area contributed by atoms with E-state index in [1.165, 1.54) is 5.56 Å². The number of phenolic OH excluding ortho intramolecular Hbond substituents is 1. The number of carbonyl (C=O) groups is 1. The van der Waals surface area contributed by atoms with Crippen LogP contribution in [0, 0.1) is 6.92 Å². The maximum Gasteiger partial charge on any atom is 0.160 e. The van der Waals surface area contributed by atoms with Crippen LogP contribution in [0.15, 0.2) is 66.7 Å². The summed E-state index contributed by atoms with van der Waals surface area (Å²) in [5.74, 6) is 0.397. The van der Waals surface area contributed by atoms with Gasteiger partial charge in [0.1, 0.15) is 5.75 Å². The van der Waals surface area contributed by atoms with E-state index in [-0.39, 0.29) is 14.4 Å². The lowest BCUT2D eigenvalue weighted by atomic mass is 10.0. The summed E-state index contributed by atoms with van der Waals surface area (Å²) in [5, 5.41) is 12.6. The number of Topliss-reactive ketones (excluding diaryl/α,β-unsaturated/α-hetero) is 1. The molecule has 0 heterocycles. The molecule has 0 aromatic heterocycles. The van der Waals surface area contributed by atoms with E-state index in [0.29, 0.717) is 12.2 Å². The summed E-state index contributed by atoms with van der Waals surface area (Å²) in [6.45, 7) is 3.61. The predicted octanol–water partition coefficient (Wildman–Crippen LogP) is 4.12. The molecular formula is C22H21O2P. The number of rotatable bonds is 5. The Bertz CT molecular complexity index is 901. The fourth-order valence-corrected chi connectivity index (χ4v) is 4.31. The van der Waals surface area contributed by atoms with Crippen LogP contribution in [0.5, 0.6) is 5.75 Å². The molecule has 0 bridgehead atoms. The highest BCUT2D eigenvalue weighted by Crippen LogP contribution is 2.26. The quantitative estimate of drug-likeness (QED) is 0.556. The third-order valence-corrected chi connectivity index (χ3v) is 5.86. The topological polar surface area (TPSA) is 37.3 Å². The van der Waals surface area contributed by atoms with Gasteiger partial charge in [-0.2, -0.15) is 0 Å². The zero-order valence-corrected chi connectivity index (χ0v) is 15.4. The summed E-state index contributed by atoms with van der Waals surface area (Å²) in [4.78, 5) is 11.9. The van der Waals surface area contributed by atoms with Gasteiger partial charge in [0.2, 0.25) is 0 Å². The van der Waals surface area contributed by atoms with Crippen LogP contribution in [-0.4, -0.2) is 10.9 Å². The summed E-state index contributed by atoms with van der Waals surface area (Å²) < 4.78 is 0. The number of aromatic hydroxyl groups is 1. The van der Waals surface area contributed by atoms with E-state index in [1.54, 1.807) is 6.92 Å². The lowest BCUT2D eigenvalue weighted by Gasteiger charge is -2.14. The van der Waals surface area contributed by atoms with Gasteiger partial charge in [-0.15, -0.1) is 0 Å². The highest BCUT2D eigenvalue weighted by molar-refractivity contribution is 7.56. The molecule has 0 saturated carbocycles. The van der Waals surface area contributed by atoms with Crippen molar-refractivity contribution in [2.24, 2.45) is 0 Å². The molecule has 3 heteroatoms. The average molecular weight is 348 g/mol. The molecule has 3 aromatic rings. The molecule has 0 fully saturated rings. The second kappa shape index (κ2) is 7.63. The molecule has 0 radical (unpaired) electrons. The highest BCUT2D eigenvalue weighted by atomic mass is 31.1. The van der Waals surface area contributed by atoms with Crippen molar-refractivity contribution in [2.75, 3.05) is 0 Å². The molecule has 126 valence electrons. The number of ketones is 1. The Morgan fingerprint density at radius 2 is 1.68 bits per heavy atom. The first-order valence-corrected chi connectivity index (χ1v) is 9.28. The molecule has 1 atom stereocenters. The maximum absolute atomic E-state index is 11.9. The number of hydrogen-bond acceptors (Lipinski definition) is 2. The third-order valence-electron chi connectivity index (χ3n) is 4.27. The fourth-order valence-electron chi connectivity index (χ4n) is 2.91. The lowest BCUT2D eigenvalue weighted by molar-refractivity contribution is 0.101. The summed E-state index contributed by atoms with van der Waals surface area (Å²) in [5.41, 5.74) is 3.90. The van der Waals surface area contributed by atoms with Crippen molar-refractivity contribution in [2.45, 2.75) is 20.3 Å². The molecule has 0 spiro atoms. The molecule has 1 N–H and O–H groups in total. The maximum atomic E-state index is 11.9. The van der Waals surface area contributed by atoms with E-state index in [2.05, 4.69) is 12.1 Å². The number of aryl methyl sites for hydroxylation is 1. The Morgan fingerprint density at radius 1 is 0.960 bits per heavy atom. The molecule has 0 aliphatic carbocycles. The Morgan fingerprint density at radius 3 is 2.40 bits per heavy atom. The van der Waals surface area contributed by atoms with Gasteiger partial charge < -0.3 is 5.11 Å². The summed E-state index contributed by atoms with van der Waals surface area (Å²) >= 11 is 0. The normalized spacial score (nSPS) is 11.1. The van der Waals surface area contributed by atoms with Crippen molar-refractivity contribution < 1.29 is 9.90 Å². The van der Waals surface area contributed by atoms with Crippen molar-refractivity contribution in [3.8, 4) is 5.75 Å². The van der Waals surface area contributed by atoms with Gasteiger partial charge >= 0.3 is 0 Å². The Kier molecular flexibility index (Phi) is 5.31. The van der Waals surface area contributed by atoms with E-state index in [1.807, 2.05) is 61.5 Å². The van der Waals surface area contributed by atoms with Crippen molar-refractivity contribution in [3.05, 3.63) is 89.0 Å². The van der Waals surface area contributed by atoms with Crippen molar-refractivity contribution in [3.63, 3.8) is 0 Å². The summed E-state index contributed by atoms with van der Waals surface area (Å²) in [6, 6.07) is 21.8. The molecule has 2 nitrogen and oxygen atoms in total. The van der Waals surface area contributed by atoms with Gasteiger partial charge in [0.25, 0.3) is 0 Å². The monoisotopic (exact) mass is 348 g/mol.